The molecule has 6 aromatic rings. The van der Waals surface area contributed by atoms with E-state index in [1.165, 1.54) is 48.5 Å². The van der Waals surface area contributed by atoms with Crippen LogP contribution in [0.1, 0.15) is 67.9 Å². The Morgan fingerprint density at radius 2 is 0.712 bits per heavy atom. The Labute approximate surface area is 355 Å². The van der Waals surface area contributed by atoms with Gasteiger partial charge in [-0.15, -0.1) is 0 Å². The number of fused-ring (bicyclic) bond motifs is 12. The van der Waals surface area contributed by atoms with Gasteiger partial charge in [-0.1, -0.05) is 36.4 Å². The summed E-state index contributed by atoms with van der Waals surface area (Å²) in [6.45, 7) is 1.94. The van der Waals surface area contributed by atoms with Gasteiger partial charge in [0.05, 0.1) is 11.1 Å². The van der Waals surface area contributed by atoms with Crippen LogP contribution in [0.5, 0.6) is 46.0 Å². The summed E-state index contributed by atoms with van der Waals surface area (Å²) in [6.07, 6.45) is 0. The average molecular weight is 983 g/mol. The number of phenolic OH excluding ortho intramolecular Hbond substituents is 4. The Kier molecular flexibility index (Phi) is 11.3. The Morgan fingerprint density at radius 1 is 0.458 bits per heavy atom. The second-order valence-corrected chi connectivity index (χ2v) is 13.1. The zero-order valence-corrected chi connectivity index (χ0v) is 36.6. The minimum Gasteiger partial charge on any atom is -0.550 e. The van der Waals surface area contributed by atoms with Crippen LogP contribution in [-0.4, -0.2) is 44.3 Å². The summed E-state index contributed by atoms with van der Waals surface area (Å²) in [6, 6.07) is 33.2. The van der Waals surface area contributed by atoms with Crippen molar-refractivity contribution in [2.45, 2.75) is 25.0 Å². The van der Waals surface area contributed by atoms with Crippen molar-refractivity contribution in [3.63, 3.8) is 0 Å². The van der Waals surface area contributed by atoms with E-state index in [0.29, 0.717) is 67.5 Å². The third-order valence-corrected chi connectivity index (χ3v) is 9.36. The summed E-state index contributed by atoms with van der Waals surface area (Å²) in [5.74, 6) is -1.35. The number of carboxylic acids is 2. The molecule has 292 valence electrons. The van der Waals surface area contributed by atoms with Crippen LogP contribution in [0.25, 0.3) is 0 Å². The Bertz CT molecular complexity index is 2380. The molecule has 0 aliphatic carbocycles. The van der Waals surface area contributed by atoms with E-state index in [1.54, 1.807) is 48.5 Å². The number of carboxylic acid groups (broad SMARTS) is 2. The number of aliphatic carboxylic acids is 2. The number of carbonyl (C=O) groups is 4. The minimum absolute atomic E-state index is 0. The fraction of sp³-hybridized carbons (Fsp3) is 0.0909. The van der Waals surface area contributed by atoms with Gasteiger partial charge in [-0.25, -0.2) is 9.59 Å². The van der Waals surface area contributed by atoms with Crippen LogP contribution in [0.4, 0.5) is 0 Å². The summed E-state index contributed by atoms with van der Waals surface area (Å²) in [5, 5.41) is 57.1. The van der Waals surface area contributed by atoms with Gasteiger partial charge < -0.3 is 59.2 Å². The number of phenols is 4. The van der Waals surface area contributed by atoms with Crippen molar-refractivity contribution < 1.29 is 96.4 Å². The number of esters is 2. The van der Waals surface area contributed by atoms with Gasteiger partial charge in [-0.2, -0.15) is 0 Å². The second kappa shape index (κ2) is 16.1. The van der Waals surface area contributed by atoms with Gasteiger partial charge in [0.15, 0.2) is 11.2 Å². The van der Waals surface area contributed by atoms with Crippen molar-refractivity contribution >= 4 is 23.9 Å². The summed E-state index contributed by atoms with van der Waals surface area (Å²) in [5.41, 5.74) is 2.57. The molecule has 2 spiro atoms. The van der Waals surface area contributed by atoms with Crippen molar-refractivity contribution in [2.24, 2.45) is 0 Å². The molecule has 4 N–H and O–H groups in total. The molecule has 0 fully saturated rings. The quantitative estimate of drug-likeness (QED) is 0.118. The van der Waals surface area contributed by atoms with E-state index < -0.39 is 35.1 Å². The van der Waals surface area contributed by atoms with Crippen LogP contribution >= 0.6 is 0 Å². The standard InChI is InChI=1S/2C20H12O5.2C2H4O2.Hg/c2*21-11-5-7-15-17(9-11)24-18-10-12(22)6-8-16(18)20(15)14-4-2-1-3-13(14)19(23)25-20;2*1-2(3)4;/h2*1-10,21-22H;2*1H3,(H,3,4);/q;;;;+2/p-2. The molecule has 4 aliphatic rings. The molecule has 0 radical (unpaired) electrons. The van der Waals surface area contributed by atoms with Gasteiger partial charge in [-0.3, -0.25) is 0 Å². The smallest absolute Gasteiger partial charge is 0.550 e. The Morgan fingerprint density at radius 3 is 0.983 bits per heavy atom. The Hall–Kier alpha value is -7.06. The predicted molar refractivity (Wildman–Crippen MR) is 197 cm³/mol. The molecule has 10 rings (SSSR count). The van der Waals surface area contributed by atoms with Crippen LogP contribution in [0, 0.1) is 0 Å². The Balaban J connectivity index is 0.000000166. The van der Waals surface area contributed by atoms with Crippen LogP contribution in [0.15, 0.2) is 121 Å². The van der Waals surface area contributed by atoms with Gasteiger partial charge in [0.2, 0.25) is 0 Å². The van der Waals surface area contributed by atoms with E-state index in [4.69, 9.17) is 38.7 Å². The summed E-state index contributed by atoms with van der Waals surface area (Å²) >= 11 is 0. The number of benzene rings is 6. The number of hydrogen-bond donors (Lipinski definition) is 4. The van der Waals surface area contributed by atoms with Crippen molar-refractivity contribution in [1.82, 2.24) is 0 Å². The largest absolute Gasteiger partial charge is 2.00 e. The number of carbonyl (C=O) groups excluding carboxylic acids is 4. The summed E-state index contributed by atoms with van der Waals surface area (Å²) < 4.78 is 23.6. The molecular formula is C44H30HgO14. The van der Waals surface area contributed by atoms with E-state index in [-0.39, 0.29) is 50.7 Å². The SMILES string of the molecule is CC(=O)[O-].CC(=O)[O-].O=C1OC2(c3ccc(O)cc3Oc3cc(O)ccc32)c2ccccc21.O=C1OC2(c3ccc(O)cc3Oc3cc(O)ccc32)c2ccccc21.[Hg+2]. The maximum Gasteiger partial charge on any atom is 2.00 e. The van der Waals surface area contributed by atoms with Gasteiger partial charge in [-0.05, 0) is 74.5 Å². The molecule has 0 saturated heterocycles. The number of rotatable bonds is 0. The molecule has 0 aromatic heterocycles. The molecule has 0 amide bonds. The van der Waals surface area contributed by atoms with Crippen molar-refractivity contribution in [3.8, 4) is 46.0 Å². The molecule has 0 saturated carbocycles. The molecule has 0 bridgehead atoms. The third kappa shape index (κ3) is 7.34. The number of hydrogen-bond acceptors (Lipinski definition) is 14. The first kappa shape index (κ1) is 41.6. The monoisotopic (exact) mass is 984 g/mol. The number of ether oxygens (including phenoxy) is 4. The average Bonchev–Trinajstić information content (AvgIpc) is 3.62. The van der Waals surface area contributed by atoms with Gasteiger partial charge >= 0.3 is 39.6 Å². The van der Waals surface area contributed by atoms with Crippen molar-refractivity contribution in [2.75, 3.05) is 0 Å². The molecule has 4 aliphatic heterocycles. The van der Waals surface area contributed by atoms with E-state index in [9.17, 15) is 30.0 Å². The zero-order chi connectivity index (χ0) is 41.5. The molecule has 4 heterocycles. The third-order valence-electron chi connectivity index (χ3n) is 9.36. The van der Waals surface area contributed by atoms with E-state index in [2.05, 4.69) is 0 Å². The molecule has 0 atom stereocenters. The van der Waals surface area contributed by atoms with E-state index in [0.717, 1.165) is 13.8 Å². The van der Waals surface area contributed by atoms with Crippen molar-refractivity contribution in [3.05, 3.63) is 166 Å². The van der Waals surface area contributed by atoms with Gasteiger partial charge in [0.25, 0.3) is 0 Å². The van der Waals surface area contributed by atoms with Crippen LogP contribution < -0.4 is 19.7 Å². The van der Waals surface area contributed by atoms with Gasteiger partial charge in [0, 0.05) is 69.6 Å². The molecule has 0 unspecified atom stereocenters. The van der Waals surface area contributed by atoms with Crippen molar-refractivity contribution in [1.29, 1.82) is 0 Å². The molecular weight excluding hydrogens is 953 g/mol. The minimum atomic E-state index is -1.17. The van der Waals surface area contributed by atoms with Crippen LogP contribution in [0.3, 0.4) is 0 Å². The van der Waals surface area contributed by atoms with Gasteiger partial charge in [0.1, 0.15) is 46.0 Å². The normalized spacial score (nSPS) is 14.2. The molecule has 15 heteroatoms. The maximum absolute atomic E-state index is 12.5. The fourth-order valence-electron chi connectivity index (χ4n) is 7.31. The zero-order valence-electron chi connectivity index (χ0n) is 31.1. The second-order valence-electron chi connectivity index (χ2n) is 13.1. The maximum atomic E-state index is 12.5. The molecule has 59 heavy (non-hydrogen) atoms. The first-order chi connectivity index (χ1) is 27.6. The summed E-state index contributed by atoms with van der Waals surface area (Å²) in [4.78, 5) is 42.8. The molecule has 14 nitrogen and oxygen atoms in total. The summed E-state index contributed by atoms with van der Waals surface area (Å²) in [7, 11) is 0. The first-order valence-electron chi connectivity index (χ1n) is 17.4. The van der Waals surface area contributed by atoms with Crippen LogP contribution in [0.2, 0.25) is 0 Å². The molecule has 6 aromatic carbocycles. The van der Waals surface area contributed by atoms with E-state index >= 15 is 0 Å². The topological polar surface area (TPSA) is 232 Å². The first-order valence-corrected chi connectivity index (χ1v) is 17.4. The predicted octanol–water partition coefficient (Wildman–Crippen LogP) is 4.84. The fourth-order valence-corrected chi connectivity index (χ4v) is 7.31. The van der Waals surface area contributed by atoms with Crippen LogP contribution in [-0.2, 0) is 57.9 Å². The van der Waals surface area contributed by atoms with E-state index in [1.807, 2.05) is 24.3 Å². The number of aromatic hydroxyl groups is 4.